The van der Waals surface area contributed by atoms with Crippen LogP contribution in [0.4, 0.5) is 0 Å². The number of carboxylic acid groups (broad SMARTS) is 1. The third kappa shape index (κ3) is 43.8. The number of hydrogen-bond acceptors (Lipinski definition) is 9. The number of hydrogen-bond donors (Lipinski definition) is 3. The standard InChI is InChI=1S/C50H88NO10P/c1-3-5-7-9-11-13-15-17-19-21-23-25-27-29-31-33-35-37-39-41-48(52)58-43-46(44-59-62(56,57)60-45-47(51)50(54)55)61-49(53)42-40-38-36-34-32-30-28-26-24-22-20-18-16-14-12-10-8-6-4-2/h11,13,17,19,23,25,29,31,35,37,46-47H,3-10,12,14-16,18,20-22,24,26-28,30,32-34,36,38-45,51H2,1-2H3,(H,54,55)(H,56,57)/b13-11+,19-17+,25-23+,31-29+,37-35+/t46-,47+/m1/s1. The van der Waals surface area contributed by atoms with Gasteiger partial charge in [-0.25, -0.2) is 4.57 Å². The maximum absolute atomic E-state index is 12.7. The largest absolute Gasteiger partial charge is 0.480 e. The predicted molar refractivity (Wildman–Crippen MR) is 254 cm³/mol. The lowest BCUT2D eigenvalue weighted by Gasteiger charge is -2.20. The number of allylic oxidation sites excluding steroid dienone is 10. The Balaban J connectivity index is 4.39. The number of aliphatic carboxylic acids is 1. The fourth-order valence-corrected chi connectivity index (χ4v) is 7.24. The number of rotatable bonds is 45. The number of carbonyl (C=O) groups is 3. The number of phosphoric acid groups is 1. The first-order valence-electron chi connectivity index (χ1n) is 24.3. The van der Waals surface area contributed by atoms with E-state index in [4.69, 9.17) is 24.8 Å². The summed E-state index contributed by atoms with van der Waals surface area (Å²) in [5.41, 5.74) is 5.34. The average molecular weight is 894 g/mol. The summed E-state index contributed by atoms with van der Waals surface area (Å²) in [5.74, 6) is -2.48. The minimum absolute atomic E-state index is 0.0979. The van der Waals surface area contributed by atoms with Crippen LogP contribution >= 0.6 is 7.82 Å². The Hall–Kier alpha value is -2.82. The Bertz CT molecular complexity index is 1280. The third-order valence-corrected chi connectivity index (χ3v) is 11.2. The summed E-state index contributed by atoms with van der Waals surface area (Å²) in [6.45, 7) is 2.72. The van der Waals surface area contributed by atoms with E-state index < -0.39 is 51.1 Å². The molecule has 4 N–H and O–H groups in total. The molecule has 0 heterocycles. The fourth-order valence-electron chi connectivity index (χ4n) is 6.46. The van der Waals surface area contributed by atoms with E-state index in [-0.39, 0.29) is 19.4 Å². The van der Waals surface area contributed by atoms with Gasteiger partial charge in [-0.1, -0.05) is 203 Å². The molecule has 0 aromatic rings. The van der Waals surface area contributed by atoms with Crippen LogP contribution in [0.2, 0.25) is 0 Å². The summed E-state index contributed by atoms with van der Waals surface area (Å²) in [6, 6.07) is -1.53. The Morgan fingerprint density at radius 3 is 1.34 bits per heavy atom. The van der Waals surface area contributed by atoms with Crippen LogP contribution in [-0.4, -0.2) is 59.9 Å². The van der Waals surface area contributed by atoms with E-state index in [1.807, 2.05) is 12.2 Å². The van der Waals surface area contributed by atoms with Crippen molar-refractivity contribution in [2.75, 3.05) is 19.8 Å². The first-order valence-corrected chi connectivity index (χ1v) is 25.8. The average Bonchev–Trinajstić information content (AvgIpc) is 3.25. The first kappa shape index (κ1) is 59.2. The Morgan fingerprint density at radius 2 is 0.887 bits per heavy atom. The number of carboxylic acids is 1. The van der Waals surface area contributed by atoms with Gasteiger partial charge in [0.1, 0.15) is 12.6 Å². The molecule has 62 heavy (non-hydrogen) atoms. The SMILES string of the molecule is CCCCC/C=C/C/C=C/C/C=C/C/C=C/C/C=C/CCC(=O)OC[C@H](COP(=O)(O)OC[C@H](N)C(=O)O)OC(=O)CCCCCCCCCCCCCCCCCCCCC. The van der Waals surface area contributed by atoms with Crippen molar-refractivity contribution in [1.82, 2.24) is 0 Å². The van der Waals surface area contributed by atoms with E-state index in [1.165, 1.54) is 122 Å². The van der Waals surface area contributed by atoms with E-state index in [1.54, 1.807) is 0 Å². The number of unbranched alkanes of at least 4 members (excludes halogenated alkanes) is 21. The van der Waals surface area contributed by atoms with Gasteiger partial charge in [-0.3, -0.25) is 23.4 Å². The van der Waals surface area contributed by atoms with Gasteiger partial charge in [0.05, 0.1) is 13.2 Å². The zero-order valence-corrected chi connectivity index (χ0v) is 39.8. The van der Waals surface area contributed by atoms with Crippen LogP contribution < -0.4 is 5.73 Å². The van der Waals surface area contributed by atoms with Gasteiger partial charge in [-0.15, -0.1) is 0 Å². The molecule has 358 valence electrons. The summed E-state index contributed by atoms with van der Waals surface area (Å²) < 4.78 is 32.7. The van der Waals surface area contributed by atoms with Gasteiger partial charge < -0.3 is 25.2 Å². The first-order chi connectivity index (χ1) is 30.1. The quantitative estimate of drug-likeness (QED) is 0.0230. The van der Waals surface area contributed by atoms with E-state index in [0.29, 0.717) is 12.8 Å². The van der Waals surface area contributed by atoms with Gasteiger partial charge in [0.15, 0.2) is 6.10 Å². The van der Waals surface area contributed by atoms with Crippen LogP contribution in [0, 0.1) is 0 Å². The van der Waals surface area contributed by atoms with Crippen molar-refractivity contribution in [3.63, 3.8) is 0 Å². The smallest absolute Gasteiger partial charge is 0.472 e. The van der Waals surface area contributed by atoms with Crippen molar-refractivity contribution < 1.29 is 47.5 Å². The Labute approximate surface area is 377 Å². The maximum atomic E-state index is 12.7. The number of nitrogens with two attached hydrogens (primary N) is 1. The second kappa shape index (κ2) is 44.8. The molecule has 0 spiro atoms. The Kier molecular flexibility index (Phi) is 42.7. The molecular weight excluding hydrogens is 806 g/mol. The number of esters is 2. The predicted octanol–water partition coefficient (Wildman–Crippen LogP) is 13.5. The van der Waals surface area contributed by atoms with Crippen molar-refractivity contribution in [3.05, 3.63) is 60.8 Å². The molecule has 0 rings (SSSR count). The van der Waals surface area contributed by atoms with E-state index in [9.17, 15) is 23.8 Å². The highest BCUT2D eigenvalue weighted by Crippen LogP contribution is 2.43. The molecule has 0 amide bonds. The van der Waals surface area contributed by atoms with Crippen LogP contribution in [0.25, 0.3) is 0 Å². The van der Waals surface area contributed by atoms with Crippen molar-refractivity contribution in [2.24, 2.45) is 5.73 Å². The second-order valence-corrected chi connectivity index (χ2v) is 17.7. The molecule has 3 atom stereocenters. The molecule has 12 heteroatoms. The van der Waals surface area contributed by atoms with Crippen molar-refractivity contribution >= 4 is 25.7 Å². The van der Waals surface area contributed by atoms with E-state index in [0.717, 1.165) is 44.9 Å². The fraction of sp³-hybridized carbons (Fsp3) is 0.740. The molecule has 11 nitrogen and oxygen atoms in total. The summed E-state index contributed by atoms with van der Waals surface area (Å²) >= 11 is 0. The van der Waals surface area contributed by atoms with E-state index in [2.05, 4.69) is 67.0 Å². The highest BCUT2D eigenvalue weighted by atomic mass is 31.2. The normalized spacial score (nSPS) is 14.1. The maximum Gasteiger partial charge on any atom is 0.472 e. The minimum atomic E-state index is -4.74. The van der Waals surface area contributed by atoms with Crippen molar-refractivity contribution in [3.8, 4) is 0 Å². The number of phosphoric ester groups is 1. The van der Waals surface area contributed by atoms with Gasteiger partial charge in [0.25, 0.3) is 0 Å². The lowest BCUT2D eigenvalue weighted by atomic mass is 10.0. The molecule has 0 aliphatic rings. The zero-order valence-electron chi connectivity index (χ0n) is 38.9. The molecule has 0 aromatic carbocycles. The molecule has 0 aromatic heterocycles. The van der Waals surface area contributed by atoms with Gasteiger partial charge in [-0.2, -0.15) is 0 Å². The molecule has 0 aliphatic carbocycles. The third-order valence-electron chi connectivity index (χ3n) is 10.3. The molecule has 0 saturated carbocycles. The summed E-state index contributed by atoms with van der Waals surface area (Å²) in [7, 11) is -4.74. The van der Waals surface area contributed by atoms with Crippen LogP contribution in [0.15, 0.2) is 60.8 Å². The zero-order chi connectivity index (χ0) is 45.6. The van der Waals surface area contributed by atoms with Crippen molar-refractivity contribution in [2.45, 2.75) is 219 Å². The molecule has 0 aliphatic heterocycles. The highest BCUT2D eigenvalue weighted by Gasteiger charge is 2.28. The van der Waals surface area contributed by atoms with Crippen LogP contribution in [0.1, 0.15) is 206 Å². The molecule has 1 unspecified atom stereocenters. The summed E-state index contributed by atoms with van der Waals surface area (Å²) in [4.78, 5) is 46.1. The summed E-state index contributed by atoms with van der Waals surface area (Å²) in [5, 5.41) is 8.91. The van der Waals surface area contributed by atoms with Gasteiger partial charge in [0.2, 0.25) is 0 Å². The van der Waals surface area contributed by atoms with Crippen LogP contribution in [0.3, 0.4) is 0 Å². The molecule has 0 radical (unpaired) electrons. The molecule has 0 bridgehead atoms. The summed E-state index contributed by atoms with van der Waals surface area (Å²) in [6.07, 6.45) is 53.0. The number of carbonyl (C=O) groups excluding carboxylic acids is 2. The van der Waals surface area contributed by atoms with Gasteiger partial charge >= 0.3 is 25.7 Å². The second-order valence-electron chi connectivity index (χ2n) is 16.2. The highest BCUT2D eigenvalue weighted by molar-refractivity contribution is 7.47. The topological polar surface area (TPSA) is 172 Å². The Morgan fingerprint density at radius 1 is 0.500 bits per heavy atom. The van der Waals surface area contributed by atoms with Crippen molar-refractivity contribution in [1.29, 1.82) is 0 Å². The monoisotopic (exact) mass is 894 g/mol. The van der Waals surface area contributed by atoms with Crippen LogP contribution in [0.5, 0.6) is 0 Å². The van der Waals surface area contributed by atoms with Crippen LogP contribution in [-0.2, 0) is 37.5 Å². The molecule has 0 fully saturated rings. The molecular formula is C50H88NO10P. The van der Waals surface area contributed by atoms with Gasteiger partial charge in [0, 0.05) is 12.8 Å². The minimum Gasteiger partial charge on any atom is -0.480 e. The number of ether oxygens (including phenoxy) is 2. The van der Waals surface area contributed by atoms with Gasteiger partial charge in [-0.05, 0) is 51.4 Å². The lowest BCUT2D eigenvalue weighted by Crippen LogP contribution is -2.34. The van der Waals surface area contributed by atoms with E-state index >= 15 is 0 Å². The molecule has 0 saturated heterocycles. The lowest BCUT2D eigenvalue weighted by molar-refractivity contribution is -0.161.